The first-order valence-corrected chi connectivity index (χ1v) is 7.61. The van der Waals surface area contributed by atoms with Crippen molar-refractivity contribution in [3.63, 3.8) is 0 Å². The molecule has 1 aromatic rings. The Hall–Kier alpha value is -0.780. The van der Waals surface area contributed by atoms with Crippen LogP contribution in [0, 0.1) is 0 Å². The van der Waals surface area contributed by atoms with Crippen LogP contribution in [0.2, 0.25) is 10.0 Å². The van der Waals surface area contributed by atoms with Crippen molar-refractivity contribution in [2.24, 2.45) is 0 Å². The van der Waals surface area contributed by atoms with Crippen LogP contribution in [0.3, 0.4) is 0 Å². The van der Waals surface area contributed by atoms with Gasteiger partial charge in [-0.3, -0.25) is 9.00 Å². The van der Waals surface area contributed by atoms with Crippen LogP contribution in [-0.4, -0.2) is 20.6 Å². The van der Waals surface area contributed by atoms with E-state index in [1.165, 1.54) is 12.1 Å². The maximum atomic E-state index is 11.9. The van der Waals surface area contributed by atoms with Crippen LogP contribution < -0.4 is 11.1 Å². The van der Waals surface area contributed by atoms with E-state index in [2.05, 4.69) is 5.32 Å². The lowest BCUT2D eigenvalue weighted by molar-refractivity contribution is -0.113. The summed E-state index contributed by atoms with van der Waals surface area (Å²) in [6, 6.07) is 2.97. The number of nitrogens with one attached hydrogen (secondary N) is 1. The van der Waals surface area contributed by atoms with Crippen LogP contribution in [0.1, 0.15) is 20.8 Å². The summed E-state index contributed by atoms with van der Waals surface area (Å²) in [5.74, 6) is -0.508. The number of hydrogen-bond acceptors (Lipinski definition) is 3. The van der Waals surface area contributed by atoms with Crippen LogP contribution in [0.15, 0.2) is 12.1 Å². The first kappa shape index (κ1) is 16.3. The van der Waals surface area contributed by atoms with Gasteiger partial charge in [0.05, 0.1) is 16.4 Å². The zero-order chi connectivity index (χ0) is 14.8. The van der Waals surface area contributed by atoms with Crippen molar-refractivity contribution in [1.29, 1.82) is 0 Å². The smallest absolute Gasteiger partial charge is 0.237 e. The summed E-state index contributed by atoms with van der Waals surface area (Å²) < 4.78 is 11.4. The second-order valence-electron chi connectivity index (χ2n) is 5.00. The molecule has 106 valence electrons. The van der Waals surface area contributed by atoms with E-state index >= 15 is 0 Å². The maximum absolute atomic E-state index is 11.9. The fourth-order valence-corrected chi connectivity index (χ4v) is 2.54. The number of rotatable bonds is 3. The number of halogens is 2. The predicted molar refractivity (Wildman–Crippen MR) is 82.3 cm³/mol. The molecule has 7 heteroatoms. The number of hydrogen-bond donors (Lipinski definition) is 2. The van der Waals surface area contributed by atoms with Crippen LogP contribution in [-0.2, 0) is 15.6 Å². The Bertz CT molecular complexity index is 504. The van der Waals surface area contributed by atoms with Gasteiger partial charge in [-0.15, -0.1) is 0 Å². The summed E-state index contributed by atoms with van der Waals surface area (Å²) >= 11 is 11.7. The topological polar surface area (TPSA) is 72.2 Å². The first-order chi connectivity index (χ1) is 8.61. The lowest BCUT2D eigenvalue weighted by atomic mass is 10.2. The normalized spacial score (nSPS) is 13.1. The zero-order valence-electron chi connectivity index (χ0n) is 10.9. The average Bonchev–Trinajstić information content (AvgIpc) is 2.21. The molecule has 1 aromatic carbocycles. The second kappa shape index (κ2) is 6.11. The van der Waals surface area contributed by atoms with Crippen molar-refractivity contribution >= 4 is 51.3 Å². The second-order valence-corrected chi connectivity index (χ2v) is 8.05. The molecule has 1 amide bonds. The molecule has 1 atom stereocenters. The van der Waals surface area contributed by atoms with Gasteiger partial charge in [0.25, 0.3) is 0 Å². The van der Waals surface area contributed by atoms with E-state index in [1.54, 1.807) is 20.8 Å². The van der Waals surface area contributed by atoms with Crippen LogP contribution >= 0.6 is 23.2 Å². The molecule has 0 spiro atoms. The third-order valence-electron chi connectivity index (χ3n) is 2.30. The van der Waals surface area contributed by atoms with Crippen LogP contribution in [0.25, 0.3) is 0 Å². The molecule has 3 N–H and O–H groups in total. The molecule has 0 saturated carbocycles. The molecule has 0 aromatic heterocycles. The number of carbonyl (C=O) groups is 1. The molecule has 0 radical (unpaired) electrons. The average molecular weight is 323 g/mol. The Labute approximate surface area is 125 Å². The lowest BCUT2D eigenvalue weighted by Gasteiger charge is -2.17. The van der Waals surface area contributed by atoms with Gasteiger partial charge in [-0.25, -0.2) is 0 Å². The van der Waals surface area contributed by atoms with E-state index in [-0.39, 0.29) is 16.5 Å². The highest BCUT2D eigenvalue weighted by atomic mass is 35.5. The molecule has 19 heavy (non-hydrogen) atoms. The summed E-state index contributed by atoms with van der Waals surface area (Å²) in [7, 11) is -1.28. The van der Waals surface area contributed by atoms with Gasteiger partial charge in [0, 0.05) is 20.6 Å². The van der Waals surface area contributed by atoms with Gasteiger partial charge in [-0.2, -0.15) is 0 Å². The third kappa shape index (κ3) is 4.67. The summed E-state index contributed by atoms with van der Waals surface area (Å²) in [5.41, 5.74) is 6.29. The van der Waals surface area contributed by atoms with Crippen LogP contribution in [0.5, 0.6) is 0 Å². The minimum Gasteiger partial charge on any atom is -0.397 e. The third-order valence-corrected chi connectivity index (χ3v) is 4.70. The highest BCUT2D eigenvalue weighted by molar-refractivity contribution is 7.87. The Balaban J connectivity index is 2.82. The zero-order valence-corrected chi connectivity index (χ0v) is 13.2. The molecule has 0 bridgehead atoms. The van der Waals surface area contributed by atoms with Crippen molar-refractivity contribution in [2.75, 3.05) is 16.8 Å². The SMILES string of the molecule is CC(C)(C)S(=O)CC(=O)Nc1c(N)cc(Cl)cc1Cl. The quantitative estimate of drug-likeness (QED) is 0.840. The standard InChI is InChI=1S/C12H16Cl2N2O2S/c1-12(2,3)19(18)6-10(17)16-11-8(14)4-7(13)5-9(11)15/h4-5H,6,15H2,1-3H3,(H,16,17). The van der Waals surface area contributed by atoms with E-state index in [1.807, 2.05) is 0 Å². The van der Waals surface area contributed by atoms with Gasteiger partial charge in [0.2, 0.25) is 5.91 Å². The Morgan fingerprint density at radius 2 is 1.95 bits per heavy atom. The Morgan fingerprint density at radius 3 is 2.42 bits per heavy atom. The molecule has 1 rings (SSSR count). The fourth-order valence-electron chi connectivity index (χ4n) is 1.24. The van der Waals surface area contributed by atoms with E-state index in [0.29, 0.717) is 10.7 Å². The van der Waals surface area contributed by atoms with E-state index in [9.17, 15) is 9.00 Å². The van der Waals surface area contributed by atoms with E-state index < -0.39 is 21.5 Å². The van der Waals surface area contributed by atoms with Gasteiger partial charge >= 0.3 is 0 Å². The summed E-state index contributed by atoms with van der Waals surface area (Å²) in [5, 5.41) is 3.20. The molecule has 0 aliphatic heterocycles. The minimum atomic E-state index is -1.28. The van der Waals surface area contributed by atoms with Crippen molar-refractivity contribution in [1.82, 2.24) is 0 Å². The first-order valence-electron chi connectivity index (χ1n) is 5.54. The molecular weight excluding hydrogens is 307 g/mol. The summed E-state index contributed by atoms with van der Waals surface area (Å²) in [6.45, 7) is 5.42. The molecular formula is C12H16Cl2N2O2S. The Morgan fingerprint density at radius 1 is 1.37 bits per heavy atom. The van der Waals surface area contributed by atoms with Gasteiger partial charge < -0.3 is 11.1 Å². The molecule has 0 heterocycles. The summed E-state index contributed by atoms with van der Waals surface area (Å²) in [4.78, 5) is 11.8. The van der Waals surface area contributed by atoms with Crippen molar-refractivity contribution < 1.29 is 9.00 Å². The highest BCUT2D eigenvalue weighted by Crippen LogP contribution is 2.32. The van der Waals surface area contributed by atoms with Gasteiger partial charge in [0.1, 0.15) is 5.75 Å². The predicted octanol–water partition coefficient (Wildman–Crippen LogP) is 3.06. The number of amides is 1. The molecule has 4 nitrogen and oxygen atoms in total. The lowest BCUT2D eigenvalue weighted by Crippen LogP contribution is -2.30. The number of carbonyl (C=O) groups excluding carboxylic acids is 1. The number of anilines is 2. The number of nitrogen functional groups attached to an aromatic ring is 1. The van der Waals surface area contributed by atoms with Crippen molar-refractivity contribution in [3.8, 4) is 0 Å². The van der Waals surface area contributed by atoms with Crippen molar-refractivity contribution in [3.05, 3.63) is 22.2 Å². The largest absolute Gasteiger partial charge is 0.397 e. The van der Waals surface area contributed by atoms with Gasteiger partial charge in [0.15, 0.2) is 0 Å². The Kier molecular flexibility index (Phi) is 5.24. The molecule has 1 unspecified atom stereocenters. The van der Waals surface area contributed by atoms with E-state index in [0.717, 1.165) is 0 Å². The highest BCUT2D eigenvalue weighted by Gasteiger charge is 2.22. The maximum Gasteiger partial charge on any atom is 0.237 e. The number of benzene rings is 1. The monoisotopic (exact) mass is 322 g/mol. The molecule has 0 aliphatic carbocycles. The molecule has 0 fully saturated rings. The van der Waals surface area contributed by atoms with Gasteiger partial charge in [-0.05, 0) is 32.9 Å². The minimum absolute atomic E-state index is 0.109. The van der Waals surface area contributed by atoms with Gasteiger partial charge in [-0.1, -0.05) is 23.2 Å². The van der Waals surface area contributed by atoms with E-state index in [4.69, 9.17) is 28.9 Å². The summed E-state index contributed by atoms with van der Waals surface area (Å²) in [6.07, 6.45) is 0. The fraction of sp³-hybridized carbons (Fsp3) is 0.417. The van der Waals surface area contributed by atoms with Crippen molar-refractivity contribution in [2.45, 2.75) is 25.5 Å². The molecule has 0 aliphatic rings. The van der Waals surface area contributed by atoms with Crippen LogP contribution in [0.4, 0.5) is 11.4 Å². The molecule has 0 saturated heterocycles. The number of nitrogens with two attached hydrogens (primary N) is 1.